The van der Waals surface area contributed by atoms with Crippen molar-refractivity contribution < 1.29 is 14.3 Å². The number of halogens is 2. The minimum Gasteiger partial charge on any atom is -0.482 e. The van der Waals surface area contributed by atoms with Crippen molar-refractivity contribution in [1.29, 1.82) is 0 Å². The third-order valence-corrected chi connectivity index (χ3v) is 7.20. The van der Waals surface area contributed by atoms with Gasteiger partial charge in [-0.05, 0) is 37.6 Å². The van der Waals surface area contributed by atoms with Crippen LogP contribution in [0.1, 0.15) is 53.5 Å². The Bertz CT molecular complexity index is 1650. The van der Waals surface area contributed by atoms with Gasteiger partial charge in [0.25, 0.3) is 11.5 Å². The summed E-state index contributed by atoms with van der Waals surface area (Å²) in [5.74, 6) is 0.263. The molecule has 2 unspecified atom stereocenters. The van der Waals surface area contributed by atoms with Crippen LogP contribution in [-0.4, -0.2) is 70.4 Å². The molecule has 0 saturated heterocycles. The van der Waals surface area contributed by atoms with Gasteiger partial charge in [-0.1, -0.05) is 40.6 Å². The molecule has 5 rings (SSSR count). The molecule has 0 aliphatic carbocycles. The molecule has 3 aromatic rings. The van der Waals surface area contributed by atoms with Crippen LogP contribution in [0.3, 0.4) is 0 Å². The SMILES string of the molecule is [B]C([B])([B])n1cc(Cl)cc(N2C(=O)c3nc(C4=C(OC)NC(OC)N=C4)n(C(C)C)c3C2c2ccc(Cl)cc2)c1=O. The zero-order valence-corrected chi connectivity index (χ0v) is 24.1. The zero-order valence-electron chi connectivity index (χ0n) is 22.6. The van der Waals surface area contributed by atoms with Crippen molar-refractivity contribution >= 4 is 70.1 Å². The molecular formula is C26H23B3Cl2N6O4. The molecule has 1 amide bonds. The molecule has 1 aromatic carbocycles. The lowest BCUT2D eigenvalue weighted by Gasteiger charge is -2.31. The van der Waals surface area contributed by atoms with Gasteiger partial charge in [-0.2, -0.15) is 0 Å². The molecule has 204 valence electrons. The molecule has 2 atom stereocenters. The minimum absolute atomic E-state index is 0.0799. The molecule has 2 aliphatic rings. The number of anilines is 1. The van der Waals surface area contributed by atoms with E-state index in [0.717, 1.165) is 4.57 Å². The van der Waals surface area contributed by atoms with Crippen LogP contribution in [0, 0.1) is 0 Å². The number of aromatic nitrogens is 3. The number of nitrogens with zero attached hydrogens (tertiary/aromatic N) is 5. The van der Waals surface area contributed by atoms with E-state index in [1.54, 1.807) is 30.5 Å². The molecule has 0 saturated carbocycles. The van der Waals surface area contributed by atoms with Crippen molar-refractivity contribution in [3.63, 3.8) is 0 Å². The number of allylic oxidation sites excluding steroid dienone is 1. The molecule has 10 nitrogen and oxygen atoms in total. The Morgan fingerprint density at radius 2 is 1.76 bits per heavy atom. The quantitative estimate of drug-likeness (QED) is 0.427. The highest BCUT2D eigenvalue weighted by atomic mass is 35.5. The Morgan fingerprint density at radius 1 is 1.07 bits per heavy atom. The largest absolute Gasteiger partial charge is 0.482 e. The Hall–Kier alpha value is -3.41. The van der Waals surface area contributed by atoms with Gasteiger partial charge in [-0.3, -0.25) is 14.5 Å². The molecule has 2 aromatic heterocycles. The van der Waals surface area contributed by atoms with E-state index < -0.39 is 29.1 Å². The maximum Gasteiger partial charge on any atom is 0.279 e. The molecule has 41 heavy (non-hydrogen) atoms. The number of ether oxygens (including phenoxy) is 2. The molecule has 6 radical (unpaired) electrons. The first-order valence-electron chi connectivity index (χ1n) is 12.5. The number of methoxy groups -OCH3 is 2. The Kier molecular flexibility index (Phi) is 7.65. The first-order chi connectivity index (χ1) is 19.4. The summed E-state index contributed by atoms with van der Waals surface area (Å²) in [5, 5.41) is 1.56. The highest BCUT2D eigenvalue weighted by molar-refractivity contribution is 6.56. The number of rotatable bonds is 7. The standard InChI is InChI=1S/C26H23B3Cl2N6O4/c1-12(2)36-20-18(33-21(36)16-10-32-25(41-4)34-22(16)40-3)24(39)37(19(20)13-5-7-14(30)8-6-13)17-9-15(31)11-35(23(17)38)26(27,28)29/h5-12,19,25,34H,1-4H3. The molecule has 2 aliphatic heterocycles. The summed E-state index contributed by atoms with van der Waals surface area (Å²) in [6, 6.07) is 7.31. The summed E-state index contributed by atoms with van der Waals surface area (Å²) in [4.78, 5) is 38.3. The number of hydrogen-bond acceptors (Lipinski definition) is 7. The third-order valence-electron chi connectivity index (χ3n) is 6.74. The van der Waals surface area contributed by atoms with E-state index in [-0.39, 0.29) is 22.4 Å². The molecule has 15 heteroatoms. The first-order valence-corrected chi connectivity index (χ1v) is 13.2. The van der Waals surface area contributed by atoms with Crippen molar-refractivity contribution in [3.8, 4) is 0 Å². The second-order valence-corrected chi connectivity index (χ2v) is 10.7. The predicted octanol–water partition coefficient (Wildman–Crippen LogP) is 2.67. The highest BCUT2D eigenvalue weighted by Gasteiger charge is 2.46. The Labute approximate surface area is 250 Å². The number of carbonyl (C=O) groups excluding carboxylic acids is 1. The van der Waals surface area contributed by atoms with Gasteiger partial charge in [0.1, 0.15) is 17.6 Å². The number of fused-ring (bicyclic) bond motifs is 1. The predicted molar refractivity (Wildman–Crippen MR) is 160 cm³/mol. The summed E-state index contributed by atoms with van der Waals surface area (Å²) in [7, 11) is 20.6. The lowest BCUT2D eigenvalue weighted by molar-refractivity contribution is 0.0704. The lowest BCUT2D eigenvalue weighted by atomic mass is 9.49. The van der Waals surface area contributed by atoms with Gasteiger partial charge in [-0.15, -0.1) is 0 Å². The van der Waals surface area contributed by atoms with Gasteiger partial charge in [0.05, 0.1) is 46.9 Å². The molecule has 0 spiro atoms. The zero-order chi connectivity index (χ0) is 29.8. The van der Waals surface area contributed by atoms with E-state index in [1.165, 1.54) is 31.4 Å². The number of aliphatic imine (C=N–C) groups is 1. The first kappa shape index (κ1) is 29.1. The second-order valence-electron chi connectivity index (χ2n) is 9.83. The molecule has 4 heterocycles. The normalized spacial score (nSPS) is 18.7. The average Bonchev–Trinajstić information content (AvgIpc) is 3.44. The number of carbonyl (C=O) groups is 1. The van der Waals surface area contributed by atoms with Gasteiger partial charge < -0.3 is 23.9 Å². The maximum absolute atomic E-state index is 14.2. The Balaban J connectivity index is 1.79. The van der Waals surface area contributed by atoms with E-state index in [4.69, 9.17) is 61.2 Å². The lowest BCUT2D eigenvalue weighted by Crippen LogP contribution is -2.45. The van der Waals surface area contributed by atoms with E-state index >= 15 is 0 Å². The van der Waals surface area contributed by atoms with E-state index in [9.17, 15) is 9.59 Å². The third kappa shape index (κ3) is 5.00. The monoisotopic (exact) mass is 586 g/mol. The van der Waals surface area contributed by atoms with Crippen LogP contribution in [-0.2, 0) is 14.7 Å². The average molecular weight is 587 g/mol. The van der Waals surface area contributed by atoms with Crippen LogP contribution in [0.4, 0.5) is 5.69 Å². The number of hydrogen-bond donors (Lipinski definition) is 1. The van der Waals surface area contributed by atoms with Gasteiger partial charge >= 0.3 is 0 Å². The summed E-state index contributed by atoms with van der Waals surface area (Å²) < 4.78 is 13.6. The molecule has 1 N–H and O–H groups in total. The van der Waals surface area contributed by atoms with Gasteiger partial charge in [0.2, 0.25) is 12.2 Å². The minimum atomic E-state index is -2.07. The summed E-state index contributed by atoms with van der Waals surface area (Å²) >= 11 is 12.6. The topological polar surface area (TPSA) is 103 Å². The fourth-order valence-electron chi connectivity index (χ4n) is 5.00. The van der Waals surface area contributed by atoms with Crippen LogP contribution in [0.25, 0.3) is 5.57 Å². The van der Waals surface area contributed by atoms with Crippen molar-refractivity contribution in [2.75, 3.05) is 19.1 Å². The fraction of sp³-hybridized carbons (Fsp3) is 0.308. The summed E-state index contributed by atoms with van der Waals surface area (Å²) in [6.07, 6.45) is 2.15. The number of imidazole rings is 1. The number of amides is 1. The fourth-order valence-corrected chi connectivity index (χ4v) is 5.33. The van der Waals surface area contributed by atoms with Crippen LogP contribution in [0.2, 0.25) is 10.0 Å². The number of nitrogens with one attached hydrogen (secondary N) is 1. The smallest absolute Gasteiger partial charge is 0.279 e. The number of pyridine rings is 1. The number of benzene rings is 1. The molecule has 0 fully saturated rings. The Morgan fingerprint density at radius 3 is 2.34 bits per heavy atom. The summed E-state index contributed by atoms with van der Waals surface area (Å²) in [6.45, 7) is 3.90. The van der Waals surface area contributed by atoms with Crippen LogP contribution in [0.5, 0.6) is 0 Å². The van der Waals surface area contributed by atoms with Crippen molar-refractivity contribution in [3.05, 3.63) is 85.6 Å². The van der Waals surface area contributed by atoms with Crippen LogP contribution < -0.4 is 15.8 Å². The van der Waals surface area contributed by atoms with E-state index in [2.05, 4.69) is 10.3 Å². The van der Waals surface area contributed by atoms with Crippen molar-refractivity contribution in [2.24, 2.45) is 4.99 Å². The van der Waals surface area contributed by atoms with E-state index in [1.807, 2.05) is 18.4 Å². The van der Waals surface area contributed by atoms with Crippen molar-refractivity contribution in [1.82, 2.24) is 19.4 Å². The van der Waals surface area contributed by atoms with Crippen LogP contribution in [0.15, 0.2) is 52.2 Å². The highest BCUT2D eigenvalue weighted by Crippen LogP contribution is 2.44. The maximum atomic E-state index is 14.2. The van der Waals surface area contributed by atoms with E-state index in [0.29, 0.717) is 33.6 Å². The van der Waals surface area contributed by atoms with Gasteiger partial charge in [-0.25, -0.2) is 9.98 Å². The second kappa shape index (κ2) is 10.8. The molecule has 0 bridgehead atoms. The van der Waals surface area contributed by atoms with Gasteiger partial charge in [0.15, 0.2) is 5.69 Å². The molecular weight excluding hydrogens is 564 g/mol. The van der Waals surface area contributed by atoms with Crippen molar-refractivity contribution in [2.45, 2.75) is 37.5 Å². The van der Waals surface area contributed by atoms with Gasteiger partial charge in [0, 0.05) is 30.6 Å². The summed E-state index contributed by atoms with van der Waals surface area (Å²) in [5.41, 5.74) is 1.05. The van der Waals surface area contributed by atoms with Crippen LogP contribution >= 0.6 is 23.2 Å².